The lowest BCUT2D eigenvalue weighted by atomic mass is 10.2. The number of halogens is 2. The van der Waals surface area contributed by atoms with Crippen LogP contribution in [0.4, 0.5) is 10.8 Å². The molecule has 7 nitrogen and oxygen atoms in total. The summed E-state index contributed by atoms with van der Waals surface area (Å²) in [5.74, 6) is -0.112. The van der Waals surface area contributed by atoms with Crippen molar-refractivity contribution in [3.63, 3.8) is 0 Å². The summed E-state index contributed by atoms with van der Waals surface area (Å²) in [4.78, 5) is 19.2. The summed E-state index contributed by atoms with van der Waals surface area (Å²) in [6.07, 6.45) is -0.431. The second-order valence-electron chi connectivity index (χ2n) is 5.83. The van der Waals surface area contributed by atoms with Crippen molar-refractivity contribution in [1.82, 2.24) is 10.3 Å². The maximum atomic E-state index is 12.2. The fourth-order valence-corrected chi connectivity index (χ4v) is 3.89. The van der Waals surface area contributed by atoms with Crippen molar-refractivity contribution in [1.29, 1.82) is 0 Å². The Morgan fingerprint density at radius 2 is 2.08 bits per heavy atom. The van der Waals surface area contributed by atoms with Crippen molar-refractivity contribution < 1.29 is 14.3 Å². The van der Waals surface area contributed by atoms with Crippen LogP contribution in [0.5, 0.6) is 0 Å². The van der Waals surface area contributed by atoms with Crippen molar-refractivity contribution in [2.24, 2.45) is 0 Å². The van der Waals surface area contributed by atoms with E-state index in [1.54, 1.807) is 11.3 Å². The molecule has 144 valence electrons. The number of rotatable bonds is 3. The second kappa shape index (κ2) is 9.68. The van der Waals surface area contributed by atoms with Gasteiger partial charge in [-0.05, 0) is 18.2 Å². The van der Waals surface area contributed by atoms with Gasteiger partial charge in [0.15, 0.2) is 5.13 Å². The van der Waals surface area contributed by atoms with E-state index in [2.05, 4.69) is 20.5 Å². The van der Waals surface area contributed by atoms with E-state index in [-0.39, 0.29) is 30.7 Å². The third-order valence-corrected chi connectivity index (χ3v) is 5.23. The first-order chi connectivity index (χ1) is 11.8. The minimum atomic E-state index is -0.431. The fourth-order valence-electron chi connectivity index (χ4n) is 2.84. The van der Waals surface area contributed by atoms with Gasteiger partial charge in [-0.3, -0.25) is 4.79 Å². The predicted molar refractivity (Wildman–Crippen MR) is 108 cm³/mol. The minimum Gasteiger partial charge on any atom is -0.378 e. The van der Waals surface area contributed by atoms with Crippen LogP contribution in [0.3, 0.4) is 0 Å². The second-order valence-corrected chi connectivity index (χ2v) is 6.84. The third kappa shape index (κ3) is 4.76. The van der Waals surface area contributed by atoms with Gasteiger partial charge in [-0.15, -0.1) is 24.8 Å². The van der Waals surface area contributed by atoms with Crippen LogP contribution in [0.15, 0.2) is 18.2 Å². The molecular weight excluding hydrogens is 399 g/mol. The average Bonchev–Trinajstić information content (AvgIpc) is 3.06. The Bertz CT molecular complexity index is 733. The van der Waals surface area contributed by atoms with Crippen LogP contribution in [0, 0.1) is 0 Å². The Hall–Kier alpha value is -1.16. The molecule has 0 spiro atoms. The predicted octanol–water partition coefficient (Wildman–Crippen LogP) is 1.90. The number of hydrogen-bond acceptors (Lipinski definition) is 7. The first kappa shape index (κ1) is 21.1. The monoisotopic (exact) mass is 420 g/mol. The van der Waals surface area contributed by atoms with E-state index in [1.807, 2.05) is 18.2 Å². The molecule has 1 aromatic heterocycles. The molecule has 2 aliphatic rings. The van der Waals surface area contributed by atoms with Gasteiger partial charge in [-0.25, -0.2) is 4.98 Å². The van der Waals surface area contributed by atoms with Crippen molar-refractivity contribution in [2.75, 3.05) is 56.2 Å². The van der Waals surface area contributed by atoms with E-state index >= 15 is 0 Å². The molecule has 0 aliphatic carbocycles. The number of fused-ring (bicyclic) bond motifs is 1. The van der Waals surface area contributed by atoms with E-state index in [1.165, 1.54) is 0 Å². The Morgan fingerprint density at radius 1 is 1.27 bits per heavy atom. The highest BCUT2D eigenvalue weighted by Gasteiger charge is 2.22. The smallest absolute Gasteiger partial charge is 0.254 e. The zero-order valence-corrected chi connectivity index (χ0v) is 16.6. The van der Waals surface area contributed by atoms with Crippen LogP contribution in [-0.2, 0) is 14.3 Å². The molecule has 1 aromatic carbocycles. The standard InChI is InChI=1S/C16H20N4O3S.2ClH/c21-15(13-10-17-3-6-23-13)18-11-1-2-12-14(9-11)24-16(19-12)20-4-7-22-8-5-20;;/h1-2,9,13,17H,3-8,10H2,(H,18,21);2*1H. The van der Waals surface area contributed by atoms with Crippen LogP contribution < -0.4 is 15.5 Å². The summed E-state index contributed by atoms with van der Waals surface area (Å²) >= 11 is 1.64. The molecule has 2 saturated heterocycles. The first-order valence-corrected chi connectivity index (χ1v) is 8.98. The Kier molecular flexibility index (Phi) is 7.87. The molecule has 4 rings (SSSR count). The van der Waals surface area contributed by atoms with E-state index in [0.29, 0.717) is 13.2 Å². The van der Waals surface area contributed by atoms with Gasteiger partial charge in [0.1, 0.15) is 6.10 Å². The SMILES string of the molecule is Cl.Cl.O=C(Nc1ccc2nc(N3CCOCC3)sc2c1)C1CNCCO1. The Balaban J connectivity index is 0.00000121. The maximum absolute atomic E-state index is 12.2. The van der Waals surface area contributed by atoms with Gasteiger partial charge in [-0.1, -0.05) is 11.3 Å². The number of ether oxygens (including phenoxy) is 2. The summed E-state index contributed by atoms with van der Waals surface area (Å²) < 4.78 is 11.9. The molecule has 2 aromatic rings. The van der Waals surface area contributed by atoms with Gasteiger partial charge in [0.2, 0.25) is 0 Å². The van der Waals surface area contributed by atoms with E-state index in [0.717, 1.165) is 53.9 Å². The van der Waals surface area contributed by atoms with Crippen LogP contribution >= 0.6 is 36.2 Å². The number of carbonyl (C=O) groups excluding carboxylic acids is 1. The number of benzene rings is 1. The molecular formula is C16H22Cl2N4O3S. The number of aromatic nitrogens is 1. The minimum absolute atomic E-state index is 0. The van der Waals surface area contributed by atoms with Crippen LogP contribution in [-0.4, -0.2) is 63.0 Å². The first-order valence-electron chi connectivity index (χ1n) is 8.16. The molecule has 1 amide bonds. The molecule has 1 unspecified atom stereocenters. The molecule has 2 aliphatic heterocycles. The van der Waals surface area contributed by atoms with Gasteiger partial charge in [0.25, 0.3) is 5.91 Å². The highest BCUT2D eigenvalue weighted by Crippen LogP contribution is 2.31. The highest BCUT2D eigenvalue weighted by molar-refractivity contribution is 7.22. The van der Waals surface area contributed by atoms with Crippen LogP contribution in [0.2, 0.25) is 0 Å². The average molecular weight is 421 g/mol. The Labute approximate surface area is 168 Å². The summed E-state index contributed by atoms with van der Waals surface area (Å²) in [5, 5.41) is 7.11. The van der Waals surface area contributed by atoms with Crippen molar-refractivity contribution in [2.45, 2.75) is 6.10 Å². The van der Waals surface area contributed by atoms with Gasteiger partial charge in [0.05, 0.1) is 30.0 Å². The van der Waals surface area contributed by atoms with Gasteiger partial charge < -0.3 is 25.0 Å². The number of nitrogens with one attached hydrogen (secondary N) is 2. The number of amides is 1. The number of hydrogen-bond donors (Lipinski definition) is 2. The number of morpholine rings is 2. The molecule has 0 saturated carbocycles. The topological polar surface area (TPSA) is 75.7 Å². The van der Waals surface area contributed by atoms with Crippen molar-refractivity contribution in [3.8, 4) is 0 Å². The zero-order chi connectivity index (χ0) is 16.4. The quantitative estimate of drug-likeness (QED) is 0.789. The number of thiazole rings is 1. The molecule has 26 heavy (non-hydrogen) atoms. The van der Waals surface area contributed by atoms with E-state index in [9.17, 15) is 4.79 Å². The van der Waals surface area contributed by atoms with E-state index < -0.39 is 6.10 Å². The van der Waals surface area contributed by atoms with Gasteiger partial charge >= 0.3 is 0 Å². The molecule has 3 heterocycles. The number of carbonyl (C=O) groups is 1. The molecule has 0 radical (unpaired) electrons. The van der Waals surface area contributed by atoms with E-state index in [4.69, 9.17) is 9.47 Å². The number of nitrogens with zero attached hydrogens (tertiary/aromatic N) is 2. The normalized spacial score (nSPS) is 20.2. The largest absolute Gasteiger partial charge is 0.378 e. The summed E-state index contributed by atoms with van der Waals surface area (Å²) in [6.45, 7) is 5.13. The molecule has 2 fully saturated rings. The van der Waals surface area contributed by atoms with Crippen LogP contribution in [0.25, 0.3) is 10.2 Å². The maximum Gasteiger partial charge on any atom is 0.254 e. The molecule has 10 heteroatoms. The number of anilines is 2. The van der Waals surface area contributed by atoms with Gasteiger partial charge in [0, 0.05) is 31.9 Å². The molecule has 2 N–H and O–H groups in total. The summed E-state index contributed by atoms with van der Waals surface area (Å²) in [7, 11) is 0. The van der Waals surface area contributed by atoms with Crippen molar-refractivity contribution in [3.05, 3.63) is 18.2 Å². The lowest BCUT2D eigenvalue weighted by Gasteiger charge is -2.25. The fraction of sp³-hybridized carbons (Fsp3) is 0.500. The lowest BCUT2D eigenvalue weighted by Crippen LogP contribution is -2.45. The Morgan fingerprint density at radius 3 is 2.81 bits per heavy atom. The summed E-state index contributed by atoms with van der Waals surface area (Å²) in [6, 6.07) is 5.82. The molecule has 0 bridgehead atoms. The van der Waals surface area contributed by atoms with Gasteiger partial charge in [-0.2, -0.15) is 0 Å². The van der Waals surface area contributed by atoms with Crippen molar-refractivity contribution >= 4 is 63.1 Å². The highest BCUT2D eigenvalue weighted by atomic mass is 35.5. The third-order valence-electron chi connectivity index (χ3n) is 4.15. The van der Waals surface area contributed by atoms with Crippen LogP contribution in [0.1, 0.15) is 0 Å². The molecule has 1 atom stereocenters. The zero-order valence-electron chi connectivity index (χ0n) is 14.1. The summed E-state index contributed by atoms with van der Waals surface area (Å²) in [5.41, 5.74) is 1.73. The lowest BCUT2D eigenvalue weighted by molar-refractivity contribution is -0.128.